The Hall–Kier alpha value is -3.19. The van der Waals surface area contributed by atoms with E-state index in [1.54, 1.807) is 0 Å². The van der Waals surface area contributed by atoms with Crippen LogP contribution in [0.1, 0.15) is 44.3 Å². The van der Waals surface area contributed by atoms with Gasteiger partial charge in [-0.3, -0.25) is 9.59 Å². The molecule has 1 heterocycles. The summed E-state index contributed by atoms with van der Waals surface area (Å²) in [7, 11) is 0. The minimum Gasteiger partial charge on any atom is -0.484 e. The number of carbonyl (C=O) groups excluding carboxylic acids is 2. The second-order valence-electron chi connectivity index (χ2n) is 7.96. The maximum Gasteiger partial charge on any atom is 0.263 e. The van der Waals surface area contributed by atoms with Crippen molar-refractivity contribution in [1.82, 2.24) is 15.6 Å². The summed E-state index contributed by atoms with van der Waals surface area (Å²) in [6, 6.07) is 18.1. The van der Waals surface area contributed by atoms with Crippen LogP contribution in [-0.4, -0.2) is 36.0 Å². The number of hydrogen-bond acceptors (Lipinski definition) is 5. The van der Waals surface area contributed by atoms with E-state index in [-0.39, 0.29) is 18.4 Å². The SMILES string of the molecule is Cc1nc(Cc2ccccc2)sc1C(=O)NCCc1ccc(OCC(=O)NC2CC2)cc1. The quantitative estimate of drug-likeness (QED) is 0.495. The smallest absolute Gasteiger partial charge is 0.263 e. The fraction of sp³-hybridized carbons (Fsp3) is 0.320. The molecule has 0 saturated heterocycles. The molecule has 0 spiro atoms. The van der Waals surface area contributed by atoms with Crippen LogP contribution in [0.15, 0.2) is 54.6 Å². The summed E-state index contributed by atoms with van der Waals surface area (Å²) in [6.07, 6.45) is 3.57. The molecule has 1 aromatic heterocycles. The summed E-state index contributed by atoms with van der Waals surface area (Å²) in [5, 5.41) is 6.83. The third-order valence-corrected chi connectivity index (χ3v) is 6.34. The van der Waals surface area contributed by atoms with Crippen LogP contribution in [0.25, 0.3) is 0 Å². The van der Waals surface area contributed by atoms with Gasteiger partial charge in [0, 0.05) is 19.0 Å². The van der Waals surface area contributed by atoms with Gasteiger partial charge in [0.25, 0.3) is 11.8 Å². The molecule has 1 aliphatic rings. The molecule has 0 atom stereocenters. The Kier molecular flexibility index (Phi) is 7.17. The number of nitrogens with one attached hydrogen (secondary N) is 2. The topological polar surface area (TPSA) is 80.3 Å². The number of rotatable bonds is 10. The number of hydrogen-bond donors (Lipinski definition) is 2. The highest BCUT2D eigenvalue weighted by molar-refractivity contribution is 7.13. The fourth-order valence-corrected chi connectivity index (χ4v) is 4.32. The summed E-state index contributed by atoms with van der Waals surface area (Å²) in [6.45, 7) is 2.45. The molecule has 0 unspecified atom stereocenters. The molecule has 2 N–H and O–H groups in total. The number of aryl methyl sites for hydroxylation is 1. The van der Waals surface area contributed by atoms with Crippen molar-refractivity contribution in [3.05, 3.63) is 81.3 Å². The lowest BCUT2D eigenvalue weighted by Gasteiger charge is -2.08. The molecule has 2 aromatic carbocycles. The van der Waals surface area contributed by atoms with Crippen molar-refractivity contribution in [3.8, 4) is 5.75 Å². The van der Waals surface area contributed by atoms with Crippen LogP contribution in [0.2, 0.25) is 0 Å². The number of amides is 2. The number of nitrogens with zero attached hydrogens (tertiary/aromatic N) is 1. The maximum atomic E-state index is 12.6. The Morgan fingerprint density at radius 3 is 2.53 bits per heavy atom. The van der Waals surface area contributed by atoms with E-state index in [9.17, 15) is 9.59 Å². The van der Waals surface area contributed by atoms with Crippen LogP contribution >= 0.6 is 11.3 Å². The molecule has 1 saturated carbocycles. The van der Waals surface area contributed by atoms with Crippen molar-refractivity contribution in [2.75, 3.05) is 13.2 Å². The summed E-state index contributed by atoms with van der Waals surface area (Å²) < 4.78 is 5.52. The molecular formula is C25H27N3O3S. The van der Waals surface area contributed by atoms with Gasteiger partial charge in [0.2, 0.25) is 0 Å². The van der Waals surface area contributed by atoms with Crippen LogP contribution in [0.4, 0.5) is 0 Å². The lowest BCUT2D eigenvalue weighted by Crippen LogP contribution is -2.30. The van der Waals surface area contributed by atoms with Crippen LogP contribution in [-0.2, 0) is 17.6 Å². The van der Waals surface area contributed by atoms with Crippen molar-refractivity contribution in [2.45, 2.75) is 38.6 Å². The number of ether oxygens (including phenoxy) is 1. The van der Waals surface area contributed by atoms with Crippen LogP contribution < -0.4 is 15.4 Å². The Bertz CT molecular complexity index is 1060. The zero-order chi connectivity index (χ0) is 22.3. The zero-order valence-electron chi connectivity index (χ0n) is 18.1. The van der Waals surface area contributed by atoms with Gasteiger partial charge < -0.3 is 15.4 Å². The van der Waals surface area contributed by atoms with E-state index in [4.69, 9.17) is 4.74 Å². The molecule has 166 valence electrons. The van der Waals surface area contributed by atoms with Crippen molar-refractivity contribution < 1.29 is 14.3 Å². The Labute approximate surface area is 192 Å². The lowest BCUT2D eigenvalue weighted by molar-refractivity contribution is -0.123. The second kappa shape index (κ2) is 10.4. The van der Waals surface area contributed by atoms with Crippen LogP contribution in [0.5, 0.6) is 5.75 Å². The molecular weight excluding hydrogens is 422 g/mol. The van der Waals surface area contributed by atoms with Gasteiger partial charge in [-0.2, -0.15) is 0 Å². The molecule has 0 radical (unpaired) electrons. The van der Waals surface area contributed by atoms with Gasteiger partial charge in [0.15, 0.2) is 6.61 Å². The summed E-state index contributed by atoms with van der Waals surface area (Å²) in [5.74, 6) is 0.500. The molecule has 7 heteroatoms. The highest BCUT2D eigenvalue weighted by Gasteiger charge is 2.23. The highest BCUT2D eigenvalue weighted by atomic mass is 32.1. The average Bonchev–Trinajstić information content (AvgIpc) is 3.53. The first-order valence-electron chi connectivity index (χ1n) is 10.9. The lowest BCUT2D eigenvalue weighted by atomic mass is 10.1. The summed E-state index contributed by atoms with van der Waals surface area (Å²) in [4.78, 5) is 29.5. The van der Waals surface area contributed by atoms with Gasteiger partial charge in [0.05, 0.1) is 10.7 Å². The molecule has 1 aliphatic carbocycles. The maximum absolute atomic E-state index is 12.6. The molecule has 0 aliphatic heterocycles. The van der Waals surface area contributed by atoms with Gasteiger partial charge in [0.1, 0.15) is 10.6 Å². The van der Waals surface area contributed by atoms with E-state index in [0.29, 0.717) is 29.6 Å². The molecule has 2 amide bonds. The largest absolute Gasteiger partial charge is 0.484 e. The fourth-order valence-electron chi connectivity index (χ4n) is 3.31. The van der Waals surface area contributed by atoms with Gasteiger partial charge >= 0.3 is 0 Å². The van der Waals surface area contributed by atoms with Gasteiger partial charge in [-0.15, -0.1) is 11.3 Å². The number of aromatic nitrogens is 1. The Morgan fingerprint density at radius 2 is 1.81 bits per heavy atom. The van der Waals surface area contributed by atoms with Crippen molar-refractivity contribution >= 4 is 23.2 Å². The predicted molar refractivity (Wildman–Crippen MR) is 125 cm³/mol. The standard InChI is InChI=1S/C25H27N3O3S/c1-17-24(32-23(27-17)15-19-5-3-2-4-6-19)25(30)26-14-13-18-7-11-21(12-8-18)31-16-22(29)28-20-9-10-20/h2-8,11-12,20H,9-10,13-16H2,1H3,(H,26,30)(H,28,29). The van der Waals surface area contributed by atoms with Crippen LogP contribution in [0.3, 0.4) is 0 Å². The van der Waals surface area contributed by atoms with Gasteiger partial charge in [-0.05, 0) is 49.4 Å². The summed E-state index contributed by atoms with van der Waals surface area (Å²) in [5.41, 5.74) is 3.04. The van der Waals surface area contributed by atoms with Gasteiger partial charge in [-0.1, -0.05) is 42.5 Å². The van der Waals surface area contributed by atoms with E-state index >= 15 is 0 Å². The van der Waals surface area contributed by atoms with Crippen molar-refractivity contribution in [3.63, 3.8) is 0 Å². The van der Waals surface area contributed by atoms with Crippen molar-refractivity contribution in [2.24, 2.45) is 0 Å². The second-order valence-corrected chi connectivity index (χ2v) is 9.05. The minimum absolute atomic E-state index is 0.0341. The number of carbonyl (C=O) groups is 2. The predicted octanol–water partition coefficient (Wildman–Crippen LogP) is 3.67. The first-order valence-corrected chi connectivity index (χ1v) is 11.7. The first kappa shape index (κ1) is 22.0. The highest BCUT2D eigenvalue weighted by Crippen LogP contribution is 2.21. The van der Waals surface area contributed by atoms with E-state index in [1.807, 2.05) is 49.4 Å². The van der Waals surface area contributed by atoms with E-state index in [1.165, 1.54) is 16.9 Å². The molecule has 32 heavy (non-hydrogen) atoms. The number of benzene rings is 2. The van der Waals surface area contributed by atoms with E-state index in [2.05, 4.69) is 27.8 Å². The van der Waals surface area contributed by atoms with E-state index < -0.39 is 0 Å². The molecule has 3 aromatic rings. The monoisotopic (exact) mass is 449 g/mol. The normalized spacial score (nSPS) is 12.9. The summed E-state index contributed by atoms with van der Waals surface area (Å²) >= 11 is 1.45. The zero-order valence-corrected chi connectivity index (χ0v) is 18.9. The van der Waals surface area contributed by atoms with Crippen molar-refractivity contribution in [1.29, 1.82) is 0 Å². The average molecular weight is 450 g/mol. The first-order chi connectivity index (χ1) is 15.6. The third-order valence-electron chi connectivity index (χ3n) is 5.18. The molecule has 0 bridgehead atoms. The molecule has 4 rings (SSSR count). The van der Waals surface area contributed by atoms with E-state index in [0.717, 1.165) is 35.5 Å². The Morgan fingerprint density at radius 1 is 1.06 bits per heavy atom. The van der Waals surface area contributed by atoms with Gasteiger partial charge in [-0.25, -0.2) is 4.98 Å². The van der Waals surface area contributed by atoms with Crippen LogP contribution in [0, 0.1) is 6.92 Å². The third kappa shape index (κ3) is 6.40. The molecule has 6 nitrogen and oxygen atoms in total. The molecule has 1 fully saturated rings. The number of thiazole rings is 1. The minimum atomic E-state index is -0.0825. The Balaban J connectivity index is 1.22.